The molecule has 0 saturated carbocycles. The molecule has 3 N–H and O–H groups in total. The first kappa shape index (κ1) is 14.0. The standard InChI is InChI=1S/C12H12BrClN4O/c1-19-6-12-17-10(15)5-11(18-12)16-9-3-2-7(13)4-8(9)14/h2-5H,6H2,1H3,(H3,15,16,17,18). The normalized spacial score (nSPS) is 10.5. The lowest BCUT2D eigenvalue weighted by atomic mass is 10.3. The summed E-state index contributed by atoms with van der Waals surface area (Å²) in [6, 6.07) is 7.16. The van der Waals surface area contributed by atoms with Crippen molar-refractivity contribution >= 4 is 44.9 Å². The molecule has 0 fully saturated rings. The first-order valence-electron chi connectivity index (χ1n) is 5.43. The Labute approximate surface area is 124 Å². The Kier molecular flexibility index (Phi) is 4.57. The van der Waals surface area contributed by atoms with Gasteiger partial charge in [0.25, 0.3) is 0 Å². The van der Waals surface area contributed by atoms with E-state index in [1.165, 1.54) is 0 Å². The molecule has 7 heteroatoms. The third-order valence-electron chi connectivity index (χ3n) is 2.26. The molecule has 2 rings (SSSR count). The van der Waals surface area contributed by atoms with Gasteiger partial charge in [-0.25, -0.2) is 9.97 Å². The van der Waals surface area contributed by atoms with E-state index in [0.717, 1.165) is 10.2 Å². The molecule has 0 aliphatic carbocycles. The number of rotatable bonds is 4. The number of nitrogen functional groups attached to an aromatic ring is 1. The van der Waals surface area contributed by atoms with Gasteiger partial charge in [-0.3, -0.25) is 0 Å². The van der Waals surface area contributed by atoms with Gasteiger partial charge in [0.2, 0.25) is 0 Å². The molecular weight excluding hydrogens is 332 g/mol. The van der Waals surface area contributed by atoms with Crippen molar-refractivity contribution in [1.29, 1.82) is 0 Å². The number of methoxy groups -OCH3 is 1. The molecule has 1 aromatic heterocycles. The number of aromatic nitrogens is 2. The van der Waals surface area contributed by atoms with Crippen molar-refractivity contribution in [2.75, 3.05) is 18.2 Å². The monoisotopic (exact) mass is 342 g/mol. The van der Waals surface area contributed by atoms with Crippen molar-refractivity contribution in [3.63, 3.8) is 0 Å². The van der Waals surface area contributed by atoms with Crippen LogP contribution in [0, 0.1) is 0 Å². The van der Waals surface area contributed by atoms with Gasteiger partial charge in [0.1, 0.15) is 18.2 Å². The van der Waals surface area contributed by atoms with E-state index in [2.05, 4.69) is 31.2 Å². The minimum absolute atomic E-state index is 0.299. The van der Waals surface area contributed by atoms with Crippen LogP contribution in [0.2, 0.25) is 5.02 Å². The highest BCUT2D eigenvalue weighted by Crippen LogP contribution is 2.28. The first-order chi connectivity index (χ1) is 9.08. The number of halogens is 2. The Hall–Kier alpha value is -1.37. The SMILES string of the molecule is COCc1nc(N)cc(Nc2ccc(Br)cc2Cl)n1. The molecule has 0 spiro atoms. The van der Waals surface area contributed by atoms with Gasteiger partial charge in [-0.15, -0.1) is 0 Å². The van der Waals surface area contributed by atoms with E-state index in [-0.39, 0.29) is 0 Å². The van der Waals surface area contributed by atoms with Crippen LogP contribution in [-0.4, -0.2) is 17.1 Å². The van der Waals surface area contributed by atoms with E-state index in [1.807, 2.05) is 12.1 Å². The zero-order valence-electron chi connectivity index (χ0n) is 10.2. The molecule has 5 nitrogen and oxygen atoms in total. The largest absolute Gasteiger partial charge is 0.384 e. The smallest absolute Gasteiger partial charge is 0.158 e. The molecule has 19 heavy (non-hydrogen) atoms. The Morgan fingerprint density at radius 3 is 2.84 bits per heavy atom. The average molecular weight is 344 g/mol. The molecule has 0 aliphatic rings. The maximum Gasteiger partial charge on any atom is 0.158 e. The van der Waals surface area contributed by atoms with E-state index in [0.29, 0.717) is 29.1 Å². The minimum Gasteiger partial charge on any atom is -0.384 e. The van der Waals surface area contributed by atoms with Crippen molar-refractivity contribution in [3.05, 3.63) is 39.6 Å². The third-order valence-corrected chi connectivity index (χ3v) is 3.07. The van der Waals surface area contributed by atoms with Crippen molar-refractivity contribution in [2.45, 2.75) is 6.61 Å². The van der Waals surface area contributed by atoms with Gasteiger partial charge in [-0.2, -0.15) is 0 Å². The molecule has 0 unspecified atom stereocenters. The van der Waals surface area contributed by atoms with Crippen LogP contribution < -0.4 is 11.1 Å². The molecule has 1 heterocycles. The molecule has 0 saturated heterocycles. The Morgan fingerprint density at radius 2 is 2.16 bits per heavy atom. The van der Waals surface area contributed by atoms with E-state index in [1.54, 1.807) is 19.2 Å². The molecular formula is C12H12BrClN4O. The minimum atomic E-state index is 0.299. The Bertz CT molecular complexity index is 594. The summed E-state index contributed by atoms with van der Waals surface area (Å²) in [6.45, 7) is 0.299. The summed E-state index contributed by atoms with van der Waals surface area (Å²) in [5.41, 5.74) is 6.46. The molecule has 0 radical (unpaired) electrons. The number of hydrogen-bond donors (Lipinski definition) is 2. The summed E-state index contributed by atoms with van der Waals surface area (Å²) in [5, 5.41) is 3.68. The van der Waals surface area contributed by atoms with E-state index in [9.17, 15) is 0 Å². The second kappa shape index (κ2) is 6.18. The number of nitrogens with one attached hydrogen (secondary N) is 1. The maximum absolute atomic E-state index is 6.13. The van der Waals surface area contributed by atoms with E-state index >= 15 is 0 Å². The summed E-state index contributed by atoms with van der Waals surface area (Å²) in [4.78, 5) is 8.35. The van der Waals surface area contributed by atoms with Crippen molar-refractivity contribution in [2.24, 2.45) is 0 Å². The number of anilines is 3. The number of ether oxygens (including phenoxy) is 1. The van der Waals surface area contributed by atoms with Crippen LogP contribution in [0.25, 0.3) is 0 Å². The van der Waals surface area contributed by atoms with Gasteiger partial charge in [0.15, 0.2) is 5.82 Å². The zero-order chi connectivity index (χ0) is 13.8. The van der Waals surface area contributed by atoms with Crippen LogP contribution >= 0.6 is 27.5 Å². The van der Waals surface area contributed by atoms with Gasteiger partial charge in [-0.05, 0) is 18.2 Å². The number of benzene rings is 1. The molecule has 1 aromatic carbocycles. The lowest BCUT2D eigenvalue weighted by Crippen LogP contribution is -2.04. The molecule has 0 atom stereocenters. The molecule has 0 aliphatic heterocycles. The summed E-state index contributed by atoms with van der Waals surface area (Å²) in [6.07, 6.45) is 0. The van der Waals surface area contributed by atoms with Gasteiger partial charge < -0.3 is 15.8 Å². The predicted octanol–water partition coefficient (Wildman–Crippen LogP) is 3.36. The lowest BCUT2D eigenvalue weighted by molar-refractivity contribution is 0.178. The van der Waals surface area contributed by atoms with Crippen molar-refractivity contribution in [3.8, 4) is 0 Å². The zero-order valence-corrected chi connectivity index (χ0v) is 12.5. The summed E-state index contributed by atoms with van der Waals surface area (Å²) < 4.78 is 5.89. The highest BCUT2D eigenvalue weighted by atomic mass is 79.9. The van der Waals surface area contributed by atoms with Crippen molar-refractivity contribution < 1.29 is 4.74 Å². The highest BCUT2D eigenvalue weighted by molar-refractivity contribution is 9.10. The van der Waals surface area contributed by atoms with Crippen LogP contribution in [-0.2, 0) is 11.3 Å². The van der Waals surface area contributed by atoms with E-state index < -0.39 is 0 Å². The van der Waals surface area contributed by atoms with Gasteiger partial charge in [0.05, 0.1) is 10.7 Å². The van der Waals surface area contributed by atoms with Gasteiger partial charge in [-0.1, -0.05) is 27.5 Å². The summed E-state index contributed by atoms with van der Waals surface area (Å²) in [5.74, 6) is 1.46. The fraction of sp³-hybridized carbons (Fsp3) is 0.167. The second-order valence-corrected chi connectivity index (χ2v) is 5.10. The van der Waals surface area contributed by atoms with Crippen LogP contribution in [0.5, 0.6) is 0 Å². The van der Waals surface area contributed by atoms with Crippen LogP contribution in [0.3, 0.4) is 0 Å². The quantitative estimate of drug-likeness (QED) is 0.890. The first-order valence-corrected chi connectivity index (χ1v) is 6.60. The molecule has 0 amide bonds. The lowest BCUT2D eigenvalue weighted by Gasteiger charge is -2.09. The van der Waals surface area contributed by atoms with Crippen LogP contribution in [0.15, 0.2) is 28.7 Å². The maximum atomic E-state index is 6.13. The fourth-order valence-corrected chi connectivity index (χ4v) is 2.22. The summed E-state index contributed by atoms with van der Waals surface area (Å²) >= 11 is 9.48. The second-order valence-electron chi connectivity index (χ2n) is 3.78. The Balaban J connectivity index is 2.27. The number of nitrogens with two attached hydrogens (primary N) is 1. The number of hydrogen-bond acceptors (Lipinski definition) is 5. The average Bonchev–Trinajstić information content (AvgIpc) is 2.32. The number of nitrogens with zero attached hydrogens (tertiary/aromatic N) is 2. The molecule has 0 bridgehead atoms. The molecule has 100 valence electrons. The van der Waals surface area contributed by atoms with Gasteiger partial charge in [0, 0.05) is 17.6 Å². The Morgan fingerprint density at radius 1 is 1.37 bits per heavy atom. The predicted molar refractivity (Wildman–Crippen MR) is 79.6 cm³/mol. The summed E-state index contributed by atoms with van der Waals surface area (Å²) in [7, 11) is 1.57. The van der Waals surface area contributed by atoms with E-state index in [4.69, 9.17) is 22.1 Å². The highest BCUT2D eigenvalue weighted by Gasteiger charge is 2.06. The fourth-order valence-electron chi connectivity index (χ4n) is 1.50. The van der Waals surface area contributed by atoms with Crippen LogP contribution in [0.1, 0.15) is 5.82 Å². The third kappa shape index (κ3) is 3.79. The van der Waals surface area contributed by atoms with Crippen molar-refractivity contribution in [1.82, 2.24) is 9.97 Å². The topological polar surface area (TPSA) is 73.1 Å². The van der Waals surface area contributed by atoms with Crippen LogP contribution in [0.4, 0.5) is 17.3 Å². The molecule has 2 aromatic rings. The van der Waals surface area contributed by atoms with Gasteiger partial charge >= 0.3 is 0 Å².